The van der Waals surface area contributed by atoms with E-state index in [2.05, 4.69) is 11.7 Å². The topological polar surface area (TPSA) is 69.8 Å². The quantitative estimate of drug-likeness (QED) is 0.860. The molecule has 6 nitrogen and oxygen atoms in total. The molecule has 2 atom stereocenters. The molecule has 1 fully saturated rings. The zero-order valence-corrected chi connectivity index (χ0v) is 12.3. The van der Waals surface area contributed by atoms with E-state index < -0.39 is 6.23 Å². The third-order valence-electron chi connectivity index (χ3n) is 3.45. The number of carbonyl (C=O) groups is 1. The molecule has 2 amide bonds. The van der Waals surface area contributed by atoms with Gasteiger partial charge in [0.1, 0.15) is 5.76 Å². The van der Waals surface area contributed by atoms with Crippen LogP contribution in [-0.2, 0) is 5.41 Å². The Morgan fingerprint density at radius 1 is 1.55 bits per heavy atom. The third-order valence-corrected chi connectivity index (χ3v) is 3.45. The van der Waals surface area contributed by atoms with Gasteiger partial charge < -0.3 is 14.5 Å². The molecule has 20 heavy (non-hydrogen) atoms. The van der Waals surface area contributed by atoms with Crippen LogP contribution in [-0.4, -0.2) is 40.0 Å². The van der Waals surface area contributed by atoms with Crippen LogP contribution in [0.3, 0.4) is 0 Å². The van der Waals surface area contributed by atoms with Crippen molar-refractivity contribution in [1.29, 1.82) is 0 Å². The van der Waals surface area contributed by atoms with Crippen molar-refractivity contribution in [2.24, 2.45) is 0 Å². The van der Waals surface area contributed by atoms with Gasteiger partial charge in [0.25, 0.3) is 0 Å². The summed E-state index contributed by atoms with van der Waals surface area (Å²) in [6.45, 7) is 11.8. The lowest BCUT2D eigenvalue weighted by atomic mass is 9.93. The lowest BCUT2D eigenvalue weighted by Crippen LogP contribution is -2.35. The summed E-state index contributed by atoms with van der Waals surface area (Å²) in [5.74, 6) is 1.01. The molecular weight excluding hydrogens is 258 g/mol. The smallest absolute Gasteiger partial charge is 0.328 e. The van der Waals surface area contributed by atoms with Crippen molar-refractivity contribution in [3.05, 3.63) is 24.5 Å². The SMILES string of the molecule is C=CCN1C(=O)N(c2cc(C(C)(C)C)on2)C(O)C1C. The average molecular weight is 279 g/mol. The molecule has 1 saturated heterocycles. The molecule has 110 valence electrons. The summed E-state index contributed by atoms with van der Waals surface area (Å²) in [5, 5.41) is 14.1. The second-order valence-electron chi connectivity index (χ2n) is 6.05. The fraction of sp³-hybridized carbons (Fsp3) is 0.571. The van der Waals surface area contributed by atoms with Gasteiger partial charge in [0.15, 0.2) is 12.0 Å². The molecule has 0 aliphatic carbocycles. The molecule has 0 bridgehead atoms. The molecular formula is C14H21N3O3. The van der Waals surface area contributed by atoms with E-state index >= 15 is 0 Å². The molecule has 0 radical (unpaired) electrons. The van der Waals surface area contributed by atoms with Gasteiger partial charge in [0, 0.05) is 18.0 Å². The number of amides is 2. The molecule has 2 unspecified atom stereocenters. The first-order valence-electron chi connectivity index (χ1n) is 6.63. The van der Waals surface area contributed by atoms with Gasteiger partial charge >= 0.3 is 6.03 Å². The van der Waals surface area contributed by atoms with Crippen LogP contribution in [0.1, 0.15) is 33.5 Å². The highest BCUT2D eigenvalue weighted by molar-refractivity contribution is 5.94. The van der Waals surface area contributed by atoms with Crippen LogP contribution >= 0.6 is 0 Å². The first-order valence-corrected chi connectivity index (χ1v) is 6.63. The predicted octanol–water partition coefficient (Wildman–Crippen LogP) is 2.11. The van der Waals surface area contributed by atoms with Gasteiger partial charge in [-0.3, -0.25) is 0 Å². The summed E-state index contributed by atoms with van der Waals surface area (Å²) in [4.78, 5) is 15.1. The van der Waals surface area contributed by atoms with E-state index in [1.807, 2.05) is 20.8 Å². The Labute approximate surface area is 118 Å². The third kappa shape index (κ3) is 2.31. The van der Waals surface area contributed by atoms with E-state index in [0.29, 0.717) is 18.1 Å². The molecule has 1 N–H and O–H groups in total. The van der Waals surface area contributed by atoms with Crippen LogP contribution < -0.4 is 4.90 Å². The Hall–Kier alpha value is -1.82. The maximum atomic E-state index is 12.3. The number of aliphatic hydroxyl groups excluding tert-OH is 1. The summed E-state index contributed by atoms with van der Waals surface area (Å²) < 4.78 is 5.27. The number of hydrogen-bond acceptors (Lipinski definition) is 4. The van der Waals surface area contributed by atoms with Gasteiger partial charge in [-0.25, -0.2) is 9.69 Å². The second kappa shape index (κ2) is 4.94. The van der Waals surface area contributed by atoms with Gasteiger partial charge in [-0.1, -0.05) is 32.0 Å². The number of rotatable bonds is 3. The van der Waals surface area contributed by atoms with Crippen LogP contribution in [0.4, 0.5) is 10.6 Å². The highest BCUT2D eigenvalue weighted by Crippen LogP contribution is 2.31. The summed E-state index contributed by atoms with van der Waals surface area (Å²) in [7, 11) is 0. The van der Waals surface area contributed by atoms with Crippen LogP contribution in [0.25, 0.3) is 0 Å². The van der Waals surface area contributed by atoms with E-state index in [1.165, 1.54) is 4.90 Å². The highest BCUT2D eigenvalue weighted by Gasteiger charge is 2.44. The maximum Gasteiger partial charge on any atom is 0.328 e. The van der Waals surface area contributed by atoms with Crippen LogP contribution in [0.2, 0.25) is 0 Å². The van der Waals surface area contributed by atoms with Gasteiger partial charge in [-0.2, -0.15) is 0 Å². The monoisotopic (exact) mass is 279 g/mol. The van der Waals surface area contributed by atoms with E-state index in [-0.39, 0.29) is 17.5 Å². The standard InChI is InChI=1S/C14H21N3O3/c1-6-7-16-9(2)12(18)17(13(16)19)11-8-10(20-15-11)14(3,4)5/h6,8-9,12,18H,1,7H2,2-5H3. The summed E-state index contributed by atoms with van der Waals surface area (Å²) in [5.41, 5.74) is -0.203. The molecule has 6 heteroatoms. The van der Waals surface area contributed by atoms with Crippen LogP contribution in [0.5, 0.6) is 0 Å². The number of aromatic nitrogens is 1. The molecule has 2 rings (SSSR count). The first-order chi connectivity index (χ1) is 9.27. The van der Waals surface area contributed by atoms with Crippen LogP contribution in [0.15, 0.2) is 23.2 Å². The molecule has 1 aliphatic heterocycles. The number of aliphatic hydroxyl groups is 1. The minimum absolute atomic E-state index is 0.203. The second-order valence-corrected chi connectivity index (χ2v) is 6.05. The Morgan fingerprint density at radius 3 is 2.70 bits per heavy atom. The number of carbonyl (C=O) groups excluding carboxylic acids is 1. The van der Waals surface area contributed by atoms with E-state index in [1.54, 1.807) is 24.0 Å². The summed E-state index contributed by atoms with van der Waals surface area (Å²) in [6, 6.07) is 1.08. The largest absolute Gasteiger partial charge is 0.371 e. The van der Waals surface area contributed by atoms with Crippen LogP contribution in [0, 0.1) is 0 Å². The Kier molecular flexibility index (Phi) is 3.60. The van der Waals surface area contributed by atoms with E-state index in [0.717, 1.165) is 0 Å². The van der Waals surface area contributed by atoms with Gasteiger partial charge in [0.2, 0.25) is 0 Å². The van der Waals surface area contributed by atoms with Crippen molar-refractivity contribution in [3.8, 4) is 0 Å². The Morgan fingerprint density at radius 2 is 2.20 bits per heavy atom. The molecule has 1 aliphatic rings. The molecule has 0 spiro atoms. The minimum atomic E-state index is -0.944. The normalized spacial score (nSPS) is 23.6. The highest BCUT2D eigenvalue weighted by atomic mass is 16.5. The predicted molar refractivity (Wildman–Crippen MR) is 75.4 cm³/mol. The Balaban J connectivity index is 2.31. The fourth-order valence-electron chi connectivity index (χ4n) is 2.15. The molecule has 2 heterocycles. The lowest BCUT2D eigenvalue weighted by Gasteiger charge is -2.18. The van der Waals surface area contributed by atoms with E-state index in [9.17, 15) is 9.90 Å². The Bertz CT molecular complexity index is 518. The van der Waals surface area contributed by atoms with Gasteiger partial charge in [0.05, 0.1) is 6.04 Å². The van der Waals surface area contributed by atoms with Gasteiger partial charge in [-0.15, -0.1) is 6.58 Å². The van der Waals surface area contributed by atoms with E-state index in [4.69, 9.17) is 4.52 Å². The molecule has 1 aromatic heterocycles. The van der Waals surface area contributed by atoms with Crippen molar-refractivity contribution < 1.29 is 14.4 Å². The fourth-order valence-corrected chi connectivity index (χ4v) is 2.15. The zero-order chi connectivity index (χ0) is 15.1. The number of urea groups is 1. The summed E-state index contributed by atoms with van der Waals surface area (Å²) in [6.07, 6.45) is 0.689. The number of anilines is 1. The molecule has 0 aromatic carbocycles. The molecule has 1 aromatic rings. The first kappa shape index (κ1) is 14.6. The average Bonchev–Trinajstić information content (AvgIpc) is 2.90. The number of hydrogen-bond donors (Lipinski definition) is 1. The van der Waals surface area contributed by atoms with Crippen molar-refractivity contribution in [3.63, 3.8) is 0 Å². The minimum Gasteiger partial charge on any atom is -0.371 e. The van der Waals surface area contributed by atoms with Crippen molar-refractivity contribution in [2.45, 2.75) is 45.4 Å². The van der Waals surface area contributed by atoms with Crippen molar-refractivity contribution in [1.82, 2.24) is 10.1 Å². The van der Waals surface area contributed by atoms with Crippen molar-refractivity contribution >= 4 is 11.8 Å². The zero-order valence-electron chi connectivity index (χ0n) is 12.3. The lowest BCUT2D eigenvalue weighted by molar-refractivity contribution is 0.132. The molecule has 0 saturated carbocycles. The maximum absolute atomic E-state index is 12.3. The summed E-state index contributed by atoms with van der Waals surface area (Å²) >= 11 is 0. The van der Waals surface area contributed by atoms with Crippen molar-refractivity contribution in [2.75, 3.05) is 11.4 Å². The van der Waals surface area contributed by atoms with Gasteiger partial charge in [-0.05, 0) is 6.92 Å². The number of nitrogens with zero attached hydrogens (tertiary/aromatic N) is 3.